The summed E-state index contributed by atoms with van der Waals surface area (Å²) >= 11 is 6.43. The van der Waals surface area contributed by atoms with Gasteiger partial charge >= 0.3 is 0 Å². The highest BCUT2D eigenvalue weighted by atomic mass is 35.5. The Morgan fingerprint density at radius 1 is 1.19 bits per heavy atom. The zero-order chi connectivity index (χ0) is 23.1. The smallest absolute Gasteiger partial charge is 0.225 e. The second-order valence-corrected chi connectivity index (χ2v) is 8.43. The minimum Gasteiger partial charge on any atom is -0.494 e. The fourth-order valence-corrected chi connectivity index (χ4v) is 4.49. The third-order valence-electron chi connectivity index (χ3n) is 6.09. The average Bonchev–Trinajstić information content (AvgIpc) is 3.19. The van der Waals surface area contributed by atoms with Crippen molar-refractivity contribution in [3.8, 4) is 18.1 Å². The zero-order valence-electron chi connectivity index (χ0n) is 17.4. The lowest BCUT2D eigenvalue weighted by Gasteiger charge is -2.47. The molecule has 2 aliphatic heterocycles. The van der Waals surface area contributed by atoms with E-state index in [0.717, 1.165) is 16.9 Å². The minimum atomic E-state index is -1.82. The second-order valence-electron chi connectivity index (χ2n) is 8.02. The number of halogens is 1. The van der Waals surface area contributed by atoms with Gasteiger partial charge in [-0.2, -0.15) is 0 Å². The van der Waals surface area contributed by atoms with Crippen molar-refractivity contribution in [2.75, 3.05) is 13.2 Å². The molecule has 0 aliphatic carbocycles. The van der Waals surface area contributed by atoms with Gasteiger partial charge in [0.25, 0.3) is 0 Å². The summed E-state index contributed by atoms with van der Waals surface area (Å²) in [7, 11) is 0. The van der Waals surface area contributed by atoms with Crippen LogP contribution in [0.25, 0.3) is 0 Å². The first-order valence-electron chi connectivity index (χ1n) is 10.3. The highest BCUT2D eigenvalue weighted by Gasteiger charge is 2.69. The molecule has 1 unspecified atom stereocenters. The van der Waals surface area contributed by atoms with Crippen LogP contribution in [0.5, 0.6) is 5.75 Å². The fraction of sp³-hybridized carbons (Fsp3) is 0.417. The van der Waals surface area contributed by atoms with Crippen LogP contribution in [-0.4, -0.2) is 63.7 Å². The summed E-state index contributed by atoms with van der Waals surface area (Å²) in [6.45, 7) is 2.18. The maximum atomic E-state index is 10.8. The number of aliphatic hydroxyl groups is 4. The first kappa shape index (κ1) is 23.0. The van der Waals surface area contributed by atoms with E-state index in [1.165, 1.54) is 0 Å². The van der Waals surface area contributed by atoms with Crippen molar-refractivity contribution in [3.63, 3.8) is 0 Å². The molecule has 4 N–H and O–H groups in total. The van der Waals surface area contributed by atoms with Crippen molar-refractivity contribution in [1.82, 2.24) is 0 Å². The fourth-order valence-electron chi connectivity index (χ4n) is 4.31. The molecule has 0 amide bonds. The molecule has 32 heavy (non-hydrogen) atoms. The van der Waals surface area contributed by atoms with Gasteiger partial charge in [-0.15, -0.1) is 6.42 Å². The molecule has 2 aliphatic rings. The van der Waals surface area contributed by atoms with E-state index in [-0.39, 0.29) is 6.61 Å². The Morgan fingerprint density at radius 3 is 2.56 bits per heavy atom. The van der Waals surface area contributed by atoms with Crippen LogP contribution >= 0.6 is 11.6 Å². The Labute approximate surface area is 191 Å². The molecule has 8 heteroatoms. The largest absolute Gasteiger partial charge is 0.494 e. The van der Waals surface area contributed by atoms with Gasteiger partial charge in [-0.1, -0.05) is 35.7 Å². The van der Waals surface area contributed by atoms with Crippen molar-refractivity contribution in [2.24, 2.45) is 0 Å². The van der Waals surface area contributed by atoms with Gasteiger partial charge in [-0.3, -0.25) is 0 Å². The van der Waals surface area contributed by atoms with Gasteiger partial charge in [0.1, 0.15) is 30.2 Å². The number of fused-ring (bicyclic) bond motifs is 2. The van der Waals surface area contributed by atoms with Crippen molar-refractivity contribution >= 4 is 11.6 Å². The molecule has 7 nitrogen and oxygen atoms in total. The third-order valence-corrected chi connectivity index (χ3v) is 6.46. The van der Waals surface area contributed by atoms with E-state index >= 15 is 0 Å². The summed E-state index contributed by atoms with van der Waals surface area (Å²) in [5.74, 6) is 1.06. The Morgan fingerprint density at radius 2 is 1.91 bits per heavy atom. The highest BCUT2D eigenvalue weighted by Crippen LogP contribution is 2.51. The molecule has 2 fully saturated rings. The summed E-state index contributed by atoms with van der Waals surface area (Å²) in [5, 5.41) is 42.6. The van der Waals surface area contributed by atoms with Crippen molar-refractivity contribution < 1.29 is 34.6 Å². The van der Waals surface area contributed by atoms with E-state index < -0.39 is 35.8 Å². The van der Waals surface area contributed by atoms with Crippen LogP contribution in [0.2, 0.25) is 5.02 Å². The van der Waals surface area contributed by atoms with Gasteiger partial charge in [-0.25, -0.2) is 0 Å². The summed E-state index contributed by atoms with van der Waals surface area (Å²) < 4.78 is 17.2. The number of terminal acetylenes is 1. The molecule has 6 atom stereocenters. The van der Waals surface area contributed by atoms with Crippen LogP contribution in [0.1, 0.15) is 23.6 Å². The SMILES string of the molecule is C#CC(O)[C@@]12CO[C@@](c3ccc(Cl)c(Cc4ccc(OCC)cc4)c3)(O1)[C@H](O)[C@@H](O)[C@@H]2O. The molecule has 2 saturated heterocycles. The Kier molecular flexibility index (Phi) is 6.23. The lowest BCUT2D eigenvalue weighted by atomic mass is 9.80. The number of ether oxygens (including phenoxy) is 3. The van der Waals surface area contributed by atoms with Gasteiger partial charge < -0.3 is 34.6 Å². The van der Waals surface area contributed by atoms with E-state index in [1.54, 1.807) is 18.2 Å². The molecule has 2 aromatic rings. The van der Waals surface area contributed by atoms with Crippen molar-refractivity contribution in [3.05, 3.63) is 64.2 Å². The van der Waals surface area contributed by atoms with E-state index in [0.29, 0.717) is 23.6 Å². The first-order chi connectivity index (χ1) is 15.3. The van der Waals surface area contributed by atoms with Crippen LogP contribution in [0, 0.1) is 12.3 Å². The second kappa shape index (κ2) is 8.65. The van der Waals surface area contributed by atoms with Crippen LogP contribution in [-0.2, 0) is 21.7 Å². The van der Waals surface area contributed by atoms with Crippen molar-refractivity contribution in [1.29, 1.82) is 0 Å². The predicted octanol–water partition coefficient (Wildman–Crippen LogP) is 1.36. The molecule has 0 spiro atoms. The van der Waals surface area contributed by atoms with Gasteiger partial charge in [-0.05, 0) is 48.7 Å². The molecule has 0 radical (unpaired) electrons. The Balaban J connectivity index is 1.69. The maximum Gasteiger partial charge on any atom is 0.225 e. The molecule has 2 bridgehead atoms. The summed E-state index contributed by atoms with van der Waals surface area (Å²) in [6.07, 6.45) is -0.653. The third kappa shape index (κ3) is 3.58. The lowest BCUT2D eigenvalue weighted by molar-refractivity contribution is -0.334. The number of benzene rings is 2. The van der Waals surface area contributed by atoms with Crippen LogP contribution in [0.4, 0.5) is 0 Å². The number of hydrogen-bond acceptors (Lipinski definition) is 7. The summed E-state index contributed by atoms with van der Waals surface area (Å²) in [5.41, 5.74) is 0.322. The average molecular weight is 461 g/mol. The van der Waals surface area contributed by atoms with E-state index in [1.807, 2.05) is 31.2 Å². The van der Waals surface area contributed by atoms with Gasteiger partial charge in [0.05, 0.1) is 13.2 Å². The number of hydrogen-bond donors (Lipinski definition) is 4. The van der Waals surface area contributed by atoms with Crippen LogP contribution in [0.15, 0.2) is 42.5 Å². The predicted molar refractivity (Wildman–Crippen MR) is 116 cm³/mol. The highest BCUT2D eigenvalue weighted by molar-refractivity contribution is 6.31. The molecule has 170 valence electrons. The Hall–Kier alpha value is -2.15. The molecule has 2 heterocycles. The standard InChI is InChI=1S/C24H25ClO7/c1-3-19(26)23-13-31-24(32-23,22(29)20(27)21(23)28)16-7-10-18(25)15(12-16)11-14-5-8-17(9-6-14)30-4-2/h1,5-10,12,19-22,26-29H,4,11,13H2,2H3/t19?,20-,21-,22+,23+,24-/m0/s1. The van der Waals surface area contributed by atoms with Crippen LogP contribution in [0.3, 0.4) is 0 Å². The lowest BCUT2D eigenvalue weighted by Crippen LogP contribution is -2.67. The number of aliphatic hydroxyl groups excluding tert-OH is 4. The molecule has 4 rings (SSSR count). The van der Waals surface area contributed by atoms with E-state index in [2.05, 4.69) is 5.92 Å². The van der Waals surface area contributed by atoms with Crippen molar-refractivity contribution in [2.45, 2.75) is 49.1 Å². The topological polar surface area (TPSA) is 109 Å². The quantitative estimate of drug-likeness (QED) is 0.482. The monoisotopic (exact) mass is 460 g/mol. The molecule has 2 aromatic carbocycles. The molecule has 0 saturated carbocycles. The minimum absolute atomic E-state index is 0.315. The van der Waals surface area contributed by atoms with Gasteiger partial charge in [0.2, 0.25) is 5.79 Å². The normalized spacial score (nSPS) is 32.3. The van der Waals surface area contributed by atoms with Gasteiger partial charge in [0.15, 0.2) is 5.60 Å². The summed E-state index contributed by atoms with van der Waals surface area (Å²) in [6, 6.07) is 12.6. The first-order valence-corrected chi connectivity index (χ1v) is 10.7. The van der Waals surface area contributed by atoms with E-state index in [9.17, 15) is 20.4 Å². The van der Waals surface area contributed by atoms with Crippen LogP contribution < -0.4 is 4.74 Å². The molecular weight excluding hydrogens is 436 g/mol. The van der Waals surface area contributed by atoms with E-state index in [4.69, 9.17) is 32.2 Å². The Bertz CT molecular complexity index is 1020. The van der Waals surface area contributed by atoms with Gasteiger partial charge in [0, 0.05) is 10.6 Å². The molecule has 0 aromatic heterocycles. The zero-order valence-corrected chi connectivity index (χ0v) is 18.2. The molecular formula is C24H25ClO7. The maximum absolute atomic E-state index is 10.8. The summed E-state index contributed by atoms with van der Waals surface area (Å²) in [4.78, 5) is 0. The number of rotatable bonds is 6.